The molecular formula is C14H20N2O. The third-order valence-electron chi connectivity index (χ3n) is 3.52. The number of nitrogens with zero attached hydrogens (tertiary/aromatic N) is 1. The number of rotatable bonds is 3. The summed E-state index contributed by atoms with van der Waals surface area (Å²) in [7, 11) is 2.07. The van der Waals surface area contributed by atoms with Gasteiger partial charge < -0.3 is 15.4 Å². The average Bonchev–Trinajstić information content (AvgIpc) is 2.54. The van der Waals surface area contributed by atoms with Crippen LogP contribution in [0.25, 0.3) is 10.9 Å². The van der Waals surface area contributed by atoms with Gasteiger partial charge in [0.05, 0.1) is 6.10 Å². The zero-order valence-corrected chi connectivity index (χ0v) is 10.7. The van der Waals surface area contributed by atoms with Crippen molar-refractivity contribution in [2.45, 2.75) is 26.4 Å². The Hall–Kier alpha value is -1.32. The number of aliphatic hydroxyl groups excluding tert-OH is 1. The molecule has 0 aliphatic carbocycles. The molecule has 0 aliphatic rings. The van der Waals surface area contributed by atoms with Crippen LogP contribution in [0.3, 0.4) is 0 Å². The molecule has 1 unspecified atom stereocenters. The van der Waals surface area contributed by atoms with E-state index in [9.17, 15) is 5.11 Å². The predicted octanol–water partition coefficient (Wildman–Crippen LogP) is 2.04. The van der Waals surface area contributed by atoms with Gasteiger partial charge >= 0.3 is 0 Å². The first kappa shape index (κ1) is 12.1. The molecule has 2 aromatic rings. The minimum atomic E-state index is -0.425. The first-order valence-corrected chi connectivity index (χ1v) is 6.02. The molecule has 1 aromatic heterocycles. The fourth-order valence-corrected chi connectivity index (χ4v) is 2.39. The topological polar surface area (TPSA) is 51.2 Å². The molecule has 1 heterocycles. The van der Waals surface area contributed by atoms with Gasteiger partial charge in [0.1, 0.15) is 0 Å². The molecule has 3 N–H and O–H groups in total. The van der Waals surface area contributed by atoms with Gasteiger partial charge in [-0.15, -0.1) is 0 Å². The number of hydrogen-bond donors (Lipinski definition) is 2. The highest BCUT2D eigenvalue weighted by Crippen LogP contribution is 2.28. The van der Waals surface area contributed by atoms with Crippen LogP contribution < -0.4 is 5.73 Å². The highest BCUT2D eigenvalue weighted by atomic mass is 16.3. The van der Waals surface area contributed by atoms with E-state index in [4.69, 9.17) is 5.73 Å². The van der Waals surface area contributed by atoms with Crippen LogP contribution in [-0.4, -0.2) is 16.2 Å². The molecule has 0 radical (unpaired) electrons. The lowest BCUT2D eigenvalue weighted by Crippen LogP contribution is -2.04. The molecule has 3 nitrogen and oxygen atoms in total. The fourth-order valence-electron chi connectivity index (χ4n) is 2.39. The summed E-state index contributed by atoms with van der Waals surface area (Å²) in [5, 5.41) is 10.9. The summed E-state index contributed by atoms with van der Waals surface area (Å²) in [6.07, 6.45) is 0.456. The van der Waals surface area contributed by atoms with Crippen LogP contribution in [0.5, 0.6) is 0 Å². The van der Waals surface area contributed by atoms with Crippen molar-refractivity contribution >= 4 is 10.9 Å². The highest BCUT2D eigenvalue weighted by Gasteiger charge is 2.12. The van der Waals surface area contributed by atoms with Crippen molar-refractivity contribution in [3.63, 3.8) is 0 Å². The Morgan fingerprint density at radius 1 is 1.41 bits per heavy atom. The van der Waals surface area contributed by atoms with Gasteiger partial charge in [-0.1, -0.05) is 6.07 Å². The quantitative estimate of drug-likeness (QED) is 0.851. The van der Waals surface area contributed by atoms with E-state index in [0.717, 1.165) is 12.0 Å². The Morgan fingerprint density at radius 2 is 2.12 bits per heavy atom. The van der Waals surface area contributed by atoms with E-state index in [0.29, 0.717) is 6.54 Å². The molecule has 1 atom stereocenters. The highest BCUT2D eigenvalue weighted by molar-refractivity contribution is 5.86. The van der Waals surface area contributed by atoms with Gasteiger partial charge in [0.25, 0.3) is 0 Å². The van der Waals surface area contributed by atoms with Crippen molar-refractivity contribution in [1.82, 2.24) is 4.57 Å². The smallest absolute Gasteiger partial charge is 0.0762 e. The van der Waals surface area contributed by atoms with Gasteiger partial charge in [-0.3, -0.25) is 0 Å². The van der Waals surface area contributed by atoms with E-state index in [1.807, 2.05) is 6.07 Å². The van der Waals surface area contributed by atoms with Gasteiger partial charge in [-0.2, -0.15) is 0 Å². The zero-order valence-electron chi connectivity index (χ0n) is 10.7. The molecule has 0 amide bonds. The molecular weight excluding hydrogens is 212 g/mol. The Bertz CT molecular complexity index is 541. The van der Waals surface area contributed by atoms with Crippen molar-refractivity contribution < 1.29 is 5.11 Å². The van der Waals surface area contributed by atoms with Crippen LogP contribution in [0.4, 0.5) is 0 Å². The maximum Gasteiger partial charge on any atom is 0.0762 e. The van der Waals surface area contributed by atoms with Crippen molar-refractivity contribution in [3.8, 4) is 0 Å². The van der Waals surface area contributed by atoms with Gasteiger partial charge in [-0.25, -0.2) is 0 Å². The van der Waals surface area contributed by atoms with Gasteiger partial charge in [-0.05, 0) is 50.1 Å². The Morgan fingerprint density at radius 3 is 2.71 bits per heavy atom. The SMILES string of the molecule is Cc1c(CCN)c2cc(C(C)O)ccc2n1C. The summed E-state index contributed by atoms with van der Waals surface area (Å²) in [5.74, 6) is 0. The number of nitrogens with two attached hydrogens (primary N) is 1. The third-order valence-corrected chi connectivity index (χ3v) is 3.52. The number of aromatic nitrogens is 1. The first-order chi connectivity index (χ1) is 8.06. The third kappa shape index (κ3) is 1.96. The van der Waals surface area contributed by atoms with E-state index < -0.39 is 6.10 Å². The van der Waals surface area contributed by atoms with Crippen LogP contribution in [0.1, 0.15) is 29.8 Å². The van der Waals surface area contributed by atoms with Crippen LogP contribution in [-0.2, 0) is 13.5 Å². The minimum Gasteiger partial charge on any atom is -0.389 e. The number of hydrogen-bond acceptors (Lipinski definition) is 2. The standard InChI is InChI=1S/C14H20N2O/c1-9-12(6-7-15)13-8-11(10(2)17)4-5-14(13)16(9)3/h4-5,8,10,17H,6-7,15H2,1-3H3. The minimum absolute atomic E-state index is 0.425. The molecule has 0 saturated carbocycles. The molecule has 92 valence electrons. The molecule has 0 bridgehead atoms. The van der Waals surface area contributed by atoms with E-state index in [1.54, 1.807) is 6.92 Å². The summed E-state index contributed by atoms with van der Waals surface area (Å²) in [6.45, 7) is 4.56. The first-order valence-electron chi connectivity index (χ1n) is 6.02. The second-order valence-electron chi connectivity index (χ2n) is 4.61. The largest absolute Gasteiger partial charge is 0.389 e. The van der Waals surface area contributed by atoms with E-state index in [2.05, 4.69) is 30.7 Å². The monoisotopic (exact) mass is 232 g/mol. The molecule has 0 saturated heterocycles. The molecule has 0 aliphatic heterocycles. The predicted molar refractivity (Wildman–Crippen MR) is 71.0 cm³/mol. The number of aliphatic hydroxyl groups is 1. The Labute approximate surface area is 102 Å². The lowest BCUT2D eigenvalue weighted by Gasteiger charge is -2.05. The maximum atomic E-state index is 9.65. The molecule has 0 fully saturated rings. The van der Waals surface area contributed by atoms with Crippen molar-refractivity contribution in [2.75, 3.05) is 6.54 Å². The fraction of sp³-hybridized carbons (Fsp3) is 0.429. The summed E-state index contributed by atoms with van der Waals surface area (Å²) in [6, 6.07) is 6.14. The molecule has 0 spiro atoms. The van der Waals surface area contributed by atoms with Gasteiger partial charge in [0, 0.05) is 23.6 Å². The van der Waals surface area contributed by atoms with E-state index >= 15 is 0 Å². The number of aryl methyl sites for hydroxylation is 1. The molecule has 2 rings (SSSR count). The van der Waals surface area contributed by atoms with Gasteiger partial charge in [0.15, 0.2) is 0 Å². The summed E-state index contributed by atoms with van der Waals surface area (Å²) >= 11 is 0. The molecule has 1 aromatic carbocycles. The normalized spacial score (nSPS) is 13.2. The second kappa shape index (κ2) is 4.51. The number of benzene rings is 1. The van der Waals surface area contributed by atoms with Crippen molar-refractivity contribution in [1.29, 1.82) is 0 Å². The van der Waals surface area contributed by atoms with Crippen LogP contribution >= 0.6 is 0 Å². The second-order valence-corrected chi connectivity index (χ2v) is 4.61. The molecule has 3 heteroatoms. The van der Waals surface area contributed by atoms with Crippen molar-refractivity contribution in [2.24, 2.45) is 12.8 Å². The Balaban J connectivity index is 2.69. The van der Waals surface area contributed by atoms with Crippen LogP contribution in [0.15, 0.2) is 18.2 Å². The Kier molecular flexibility index (Phi) is 3.22. The average molecular weight is 232 g/mol. The van der Waals surface area contributed by atoms with Crippen molar-refractivity contribution in [3.05, 3.63) is 35.0 Å². The van der Waals surface area contributed by atoms with Gasteiger partial charge in [0.2, 0.25) is 0 Å². The van der Waals surface area contributed by atoms with Crippen LogP contribution in [0.2, 0.25) is 0 Å². The maximum absolute atomic E-state index is 9.65. The summed E-state index contributed by atoms with van der Waals surface area (Å²) < 4.78 is 2.19. The lowest BCUT2D eigenvalue weighted by atomic mass is 10.0. The lowest BCUT2D eigenvalue weighted by molar-refractivity contribution is 0.199. The van der Waals surface area contributed by atoms with E-state index in [1.165, 1.54) is 22.2 Å². The summed E-state index contributed by atoms with van der Waals surface area (Å²) in [4.78, 5) is 0. The summed E-state index contributed by atoms with van der Waals surface area (Å²) in [5.41, 5.74) is 10.4. The molecule has 17 heavy (non-hydrogen) atoms. The zero-order chi connectivity index (χ0) is 12.6. The number of fused-ring (bicyclic) bond motifs is 1. The van der Waals surface area contributed by atoms with Crippen LogP contribution in [0, 0.1) is 6.92 Å². The van der Waals surface area contributed by atoms with E-state index in [-0.39, 0.29) is 0 Å².